The van der Waals surface area contributed by atoms with Crippen LogP contribution in [0.2, 0.25) is 0 Å². The lowest BCUT2D eigenvalue weighted by Crippen LogP contribution is -2.19. The Hall–Kier alpha value is -3.01. The summed E-state index contributed by atoms with van der Waals surface area (Å²) in [6, 6.07) is 4.91. The third-order valence-electron chi connectivity index (χ3n) is 4.03. The van der Waals surface area contributed by atoms with Gasteiger partial charge in [-0.25, -0.2) is 14.3 Å². The molecule has 26 heavy (non-hydrogen) atoms. The van der Waals surface area contributed by atoms with E-state index in [1.54, 1.807) is 26.0 Å². The van der Waals surface area contributed by atoms with Gasteiger partial charge in [0.1, 0.15) is 0 Å². The number of anilines is 1. The Kier molecular flexibility index (Phi) is 4.36. The first-order valence-electron chi connectivity index (χ1n) is 7.64. The largest absolute Gasteiger partial charge is 0.465 e. The monoisotopic (exact) mass is 375 g/mol. The van der Waals surface area contributed by atoms with Gasteiger partial charge < -0.3 is 4.74 Å². The second kappa shape index (κ2) is 6.37. The maximum atomic E-state index is 12.8. The minimum absolute atomic E-state index is 0.109. The van der Waals surface area contributed by atoms with Crippen LogP contribution in [0.5, 0.6) is 0 Å². The number of sulfonamides is 1. The van der Waals surface area contributed by atoms with E-state index in [1.807, 2.05) is 6.92 Å². The van der Waals surface area contributed by atoms with E-state index in [4.69, 9.17) is 4.74 Å². The van der Waals surface area contributed by atoms with E-state index < -0.39 is 21.1 Å². The molecule has 136 valence electrons. The van der Waals surface area contributed by atoms with Crippen molar-refractivity contribution in [1.82, 2.24) is 19.6 Å². The summed E-state index contributed by atoms with van der Waals surface area (Å²) in [4.78, 5) is 20.0. The number of rotatable bonds is 4. The molecule has 1 N–H and O–H groups in total. The molecule has 0 aliphatic carbocycles. The number of benzene rings is 1. The van der Waals surface area contributed by atoms with Gasteiger partial charge in [0.25, 0.3) is 21.0 Å². The summed E-state index contributed by atoms with van der Waals surface area (Å²) in [6.45, 7) is 5.28. The van der Waals surface area contributed by atoms with Crippen molar-refractivity contribution in [1.29, 1.82) is 0 Å². The van der Waals surface area contributed by atoms with Crippen molar-refractivity contribution in [3.05, 3.63) is 46.8 Å². The zero-order valence-electron chi connectivity index (χ0n) is 14.6. The van der Waals surface area contributed by atoms with Gasteiger partial charge in [0.05, 0.1) is 18.4 Å². The molecule has 0 bridgehead atoms. The molecule has 0 aliphatic rings. The Balaban J connectivity index is 2.11. The van der Waals surface area contributed by atoms with Gasteiger partial charge in [0.2, 0.25) is 0 Å². The van der Waals surface area contributed by atoms with Gasteiger partial charge in [-0.2, -0.15) is 13.4 Å². The SMILES string of the molecule is COC(=O)c1ccc(C)c(C)c1NS(=O)(=O)c1nc2nccc(C)n2n1. The number of ether oxygens (including phenoxy) is 1. The number of fused-ring (bicyclic) bond motifs is 1. The van der Waals surface area contributed by atoms with E-state index in [0.29, 0.717) is 11.3 Å². The van der Waals surface area contributed by atoms with Crippen LogP contribution in [-0.4, -0.2) is 41.1 Å². The van der Waals surface area contributed by atoms with E-state index in [0.717, 1.165) is 5.56 Å². The first-order valence-corrected chi connectivity index (χ1v) is 9.12. The third-order valence-corrected chi connectivity index (χ3v) is 5.15. The van der Waals surface area contributed by atoms with Crippen LogP contribution in [0.1, 0.15) is 27.2 Å². The molecule has 3 aromatic rings. The average Bonchev–Trinajstić information content (AvgIpc) is 3.05. The fourth-order valence-corrected chi connectivity index (χ4v) is 3.42. The number of nitrogens with zero attached hydrogens (tertiary/aromatic N) is 4. The fourth-order valence-electron chi connectivity index (χ4n) is 2.41. The predicted octanol–water partition coefficient (Wildman–Crippen LogP) is 1.64. The van der Waals surface area contributed by atoms with Gasteiger partial charge in [-0.1, -0.05) is 6.07 Å². The van der Waals surface area contributed by atoms with Crippen LogP contribution in [0.25, 0.3) is 5.78 Å². The summed E-state index contributed by atoms with van der Waals surface area (Å²) in [5.41, 5.74) is 2.36. The quantitative estimate of drug-likeness (QED) is 0.689. The highest BCUT2D eigenvalue weighted by Gasteiger charge is 2.25. The topological polar surface area (TPSA) is 116 Å². The van der Waals surface area contributed by atoms with Crippen molar-refractivity contribution < 1.29 is 17.9 Å². The summed E-state index contributed by atoms with van der Waals surface area (Å²) in [6.07, 6.45) is 1.52. The molecule has 0 aliphatic heterocycles. The van der Waals surface area contributed by atoms with Crippen molar-refractivity contribution in [3.63, 3.8) is 0 Å². The lowest BCUT2D eigenvalue weighted by atomic mass is 10.0. The van der Waals surface area contributed by atoms with Crippen molar-refractivity contribution in [2.24, 2.45) is 0 Å². The molecule has 2 heterocycles. The molecular weight excluding hydrogens is 358 g/mol. The molecule has 3 rings (SSSR count). The molecule has 0 saturated heterocycles. The summed E-state index contributed by atoms with van der Waals surface area (Å²) in [7, 11) is -2.91. The van der Waals surface area contributed by atoms with Crippen LogP contribution in [0.4, 0.5) is 5.69 Å². The molecule has 0 fully saturated rings. The highest BCUT2D eigenvalue weighted by atomic mass is 32.2. The van der Waals surface area contributed by atoms with Crippen LogP contribution in [0.15, 0.2) is 29.6 Å². The van der Waals surface area contributed by atoms with Crippen LogP contribution in [0, 0.1) is 20.8 Å². The summed E-state index contributed by atoms with van der Waals surface area (Å²) in [5, 5.41) is 3.57. The summed E-state index contributed by atoms with van der Waals surface area (Å²) in [5.74, 6) is -0.481. The molecule has 2 aromatic heterocycles. The minimum atomic E-state index is -4.14. The summed E-state index contributed by atoms with van der Waals surface area (Å²) >= 11 is 0. The Morgan fingerprint density at radius 3 is 2.58 bits per heavy atom. The first kappa shape index (κ1) is 17.8. The third kappa shape index (κ3) is 2.99. The van der Waals surface area contributed by atoms with E-state index >= 15 is 0 Å². The van der Waals surface area contributed by atoms with Crippen LogP contribution in [-0.2, 0) is 14.8 Å². The first-order chi connectivity index (χ1) is 12.2. The smallest absolute Gasteiger partial charge is 0.340 e. The molecule has 9 nitrogen and oxygen atoms in total. The second-order valence-electron chi connectivity index (χ2n) is 5.72. The average molecular weight is 375 g/mol. The lowest BCUT2D eigenvalue weighted by Gasteiger charge is -2.14. The molecule has 0 atom stereocenters. The molecule has 0 unspecified atom stereocenters. The zero-order valence-corrected chi connectivity index (χ0v) is 15.5. The van der Waals surface area contributed by atoms with Crippen LogP contribution < -0.4 is 4.72 Å². The van der Waals surface area contributed by atoms with Gasteiger partial charge >= 0.3 is 5.97 Å². The van der Waals surface area contributed by atoms with Crippen molar-refractivity contribution in [2.75, 3.05) is 11.8 Å². The van der Waals surface area contributed by atoms with E-state index in [9.17, 15) is 13.2 Å². The zero-order chi connectivity index (χ0) is 19.1. The molecule has 0 spiro atoms. The van der Waals surface area contributed by atoms with Gasteiger partial charge in [-0.15, -0.1) is 5.10 Å². The molecule has 0 radical (unpaired) electrons. The Morgan fingerprint density at radius 2 is 1.92 bits per heavy atom. The normalized spacial score (nSPS) is 11.5. The van der Waals surface area contributed by atoms with Crippen LogP contribution in [0.3, 0.4) is 0 Å². The highest BCUT2D eigenvalue weighted by Crippen LogP contribution is 2.27. The highest BCUT2D eigenvalue weighted by molar-refractivity contribution is 7.92. The van der Waals surface area contributed by atoms with Gasteiger partial charge in [0, 0.05) is 11.9 Å². The number of methoxy groups -OCH3 is 1. The fraction of sp³-hybridized carbons (Fsp3) is 0.250. The molecular formula is C16H17N5O4S. The van der Waals surface area contributed by atoms with E-state index in [1.165, 1.54) is 23.9 Å². The Labute approximate surface area is 150 Å². The number of esters is 1. The predicted molar refractivity (Wildman–Crippen MR) is 93.6 cm³/mol. The van der Waals surface area contributed by atoms with Crippen molar-refractivity contribution in [3.8, 4) is 0 Å². The van der Waals surface area contributed by atoms with Gasteiger partial charge in [0.15, 0.2) is 0 Å². The number of carbonyl (C=O) groups is 1. The number of nitrogens with one attached hydrogen (secondary N) is 1. The Morgan fingerprint density at radius 1 is 1.19 bits per heavy atom. The molecule has 1 aromatic carbocycles. The van der Waals surface area contributed by atoms with Crippen LogP contribution >= 0.6 is 0 Å². The molecule has 10 heteroatoms. The summed E-state index contributed by atoms with van der Waals surface area (Å²) < 4.78 is 34.0. The lowest BCUT2D eigenvalue weighted by molar-refractivity contribution is 0.0602. The van der Waals surface area contributed by atoms with Crippen molar-refractivity contribution in [2.45, 2.75) is 25.9 Å². The minimum Gasteiger partial charge on any atom is -0.465 e. The second-order valence-corrected chi connectivity index (χ2v) is 7.30. The number of hydrogen-bond donors (Lipinski definition) is 1. The number of carbonyl (C=O) groups excluding carboxylic acids is 1. The Bertz CT molecular complexity index is 1120. The molecule has 0 amide bonds. The number of hydrogen-bond acceptors (Lipinski definition) is 7. The van der Waals surface area contributed by atoms with E-state index in [2.05, 4.69) is 19.8 Å². The standard InChI is InChI=1S/C16H17N5O4S/c1-9-5-6-12(14(22)25-4)13(11(9)3)20-26(23,24)16-18-15-17-8-7-10(2)21(15)19-16/h5-8,20H,1-4H3. The molecule has 0 saturated carbocycles. The number of aromatic nitrogens is 4. The number of aryl methyl sites for hydroxylation is 2. The van der Waals surface area contributed by atoms with Gasteiger partial charge in [-0.3, -0.25) is 4.72 Å². The van der Waals surface area contributed by atoms with E-state index in [-0.39, 0.29) is 17.0 Å². The maximum Gasteiger partial charge on any atom is 0.340 e. The van der Waals surface area contributed by atoms with Crippen molar-refractivity contribution >= 4 is 27.5 Å². The van der Waals surface area contributed by atoms with Gasteiger partial charge in [-0.05, 0) is 44.0 Å². The maximum absolute atomic E-state index is 12.8.